The Labute approximate surface area is 116 Å². The van der Waals surface area contributed by atoms with Gasteiger partial charge >= 0.3 is 18.4 Å². The molecule has 2 aliphatic heterocycles. The lowest BCUT2D eigenvalue weighted by molar-refractivity contribution is -0.309. The summed E-state index contributed by atoms with van der Waals surface area (Å²) in [7, 11) is 0. The highest BCUT2D eigenvalue weighted by atomic mass is 19.4. The minimum absolute atomic E-state index is 0.000370. The van der Waals surface area contributed by atoms with Crippen LogP contribution in [0.2, 0.25) is 0 Å². The molecule has 2 rings (SSSR count). The van der Waals surface area contributed by atoms with E-state index in [-0.39, 0.29) is 32.5 Å². The van der Waals surface area contributed by atoms with Crippen molar-refractivity contribution in [1.82, 2.24) is 10.2 Å². The predicted octanol–water partition coefficient (Wildman–Crippen LogP) is 2.46. The van der Waals surface area contributed by atoms with Crippen LogP contribution < -0.4 is 5.32 Å². The fourth-order valence-corrected chi connectivity index (χ4v) is 3.17. The Bertz CT molecular complexity index is 400. The summed E-state index contributed by atoms with van der Waals surface area (Å²) in [5.41, 5.74) is -1.14. The molecule has 0 aromatic heterocycles. The largest absolute Gasteiger partial charge is 0.465 e. The Kier molecular flexibility index (Phi) is 3.79. The van der Waals surface area contributed by atoms with Crippen molar-refractivity contribution >= 4 is 6.09 Å². The number of hydrogen-bond acceptors (Lipinski definition) is 2. The molecule has 0 radical (unpaired) electrons. The van der Waals surface area contributed by atoms with Crippen LogP contribution in [0.25, 0.3) is 0 Å². The number of alkyl halides is 6. The van der Waals surface area contributed by atoms with E-state index >= 15 is 0 Å². The zero-order valence-electron chi connectivity index (χ0n) is 10.8. The van der Waals surface area contributed by atoms with E-state index in [1.165, 1.54) is 0 Å². The second-order valence-electron chi connectivity index (χ2n) is 5.55. The van der Waals surface area contributed by atoms with Gasteiger partial charge < -0.3 is 15.3 Å². The van der Waals surface area contributed by atoms with E-state index in [4.69, 9.17) is 5.11 Å². The number of carboxylic acid groups (broad SMARTS) is 1. The molecule has 0 aliphatic carbocycles. The minimum atomic E-state index is -5.38. The van der Waals surface area contributed by atoms with Gasteiger partial charge in [-0.2, -0.15) is 26.3 Å². The van der Waals surface area contributed by atoms with Gasteiger partial charge in [-0.15, -0.1) is 0 Å². The third-order valence-corrected chi connectivity index (χ3v) is 4.40. The second-order valence-corrected chi connectivity index (χ2v) is 5.55. The van der Waals surface area contributed by atoms with Gasteiger partial charge in [0.15, 0.2) is 5.92 Å². The number of rotatable bonds is 1. The first-order valence-electron chi connectivity index (χ1n) is 6.32. The topological polar surface area (TPSA) is 52.6 Å². The molecule has 1 atom stereocenters. The smallest absolute Gasteiger partial charge is 0.407 e. The van der Waals surface area contributed by atoms with Gasteiger partial charge in [-0.05, 0) is 12.8 Å². The number of likely N-dealkylation sites (tertiary alicyclic amines) is 1. The molecule has 0 aromatic carbocycles. The van der Waals surface area contributed by atoms with Crippen LogP contribution >= 0.6 is 0 Å². The van der Waals surface area contributed by atoms with Gasteiger partial charge in [-0.3, -0.25) is 0 Å². The van der Waals surface area contributed by atoms with Gasteiger partial charge in [0.25, 0.3) is 0 Å². The summed E-state index contributed by atoms with van der Waals surface area (Å²) in [6.07, 6.45) is -12.0. The highest BCUT2D eigenvalue weighted by molar-refractivity contribution is 5.65. The summed E-state index contributed by atoms with van der Waals surface area (Å²) in [5, 5.41) is 11.0. The maximum absolute atomic E-state index is 12.8. The number of amides is 1. The summed E-state index contributed by atoms with van der Waals surface area (Å²) in [5.74, 6) is -3.42. The van der Waals surface area contributed by atoms with Gasteiger partial charge in [0.2, 0.25) is 0 Å². The molecule has 0 aromatic rings. The summed E-state index contributed by atoms with van der Waals surface area (Å²) in [4.78, 5) is 11.8. The monoisotopic (exact) mass is 320 g/mol. The molecule has 0 saturated carbocycles. The molecule has 122 valence electrons. The zero-order valence-corrected chi connectivity index (χ0v) is 10.8. The summed E-state index contributed by atoms with van der Waals surface area (Å²) in [6, 6.07) is -1.74. The Hall–Kier alpha value is -1.19. The van der Waals surface area contributed by atoms with Crippen molar-refractivity contribution in [1.29, 1.82) is 0 Å². The Morgan fingerprint density at radius 2 is 1.62 bits per heavy atom. The van der Waals surface area contributed by atoms with Gasteiger partial charge in [-0.1, -0.05) is 0 Å². The van der Waals surface area contributed by atoms with Crippen molar-refractivity contribution < 1.29 is 36.2 Å². The minimum Gasteiger partial charge on any atom is -0.465 e. The van der Waals surface area contributed by atoms with Crippen LogP contribution in [0.15, 0.2) is 0 Å². The van der Waals surface area contributed by atoms with Crippen LogP contribution in [-0.2, 0) is 0 Å². The normalized spacial score (nSPS) is 26.0. The molecule has 2 fully saturated rings. The Morgan fingerprint density at radius 1 is 1.14 bits per heavy atom. The molecule has 2 aliphatic rings. The lowest BCUT2D eigenvalue weighted by atomic mass is 9.62. The Morgan fingerprint density at radius 3 is 1.90 bits per heavy atom. The maximum atomic E-state index is 12.8. The van der Waals surface area contributed by atoms with Gasteiger partial charge in [0.1, 0.15) is 0 Å². The first-order valence-corrected chi connectivity index (χ1v) is 6.32. The number of hydrogen-bond donors (Lipinski definition) is 2. The van der Waals surface area contributed by atoms with Crippen molar-refractivity contribution in [2.45, 2.75) is 31.2 Å². The molecule has 4 nitrogen and oxygen atoms in total. The zero-order chi connectivity index (χ0) is 16.1. The van der Waals surface area contributed by atoms with Crippen LogP contribution in [0.3, 0.4) is 0 Å². The molecule has 1 amide bonds. The molecule has 21 heavy (non-hydrogen) atoms. The van der Waals surface area contributed by atoms with E-state index < -0.39 is 35.8 Å². The lowest BCUT2D eigenvalue weighted by Gasteiger charge is -2.56. The van der Waals surface area contributed by atoms with E-state index in [0.717, 1.165) is 4.90 Å². The van der Waals surface area contributed by atoms with Crippen molar-refractivity contribution in [2.24, 2.45) is 11.3 Å². The van der Waals surface area contributed by atoms with Crippen LogP contribution in [0.4, 0.5) is 31.1 Å². The number of carbonyl (C=O) groups is 1. The van der Waals surface area contributed by atoms with E-state index in [9.17, 15) is 31.1 Å². The molecular formula is C11H14F6N2O2. The molecule has 2 saturated heterocycles. The molecule has 2 heterocycles. The third kappa shape index (κ3) is 2.90. The van der Waals surface area contributed by atoms with Crippen LogP contribution in [-0.4, -0.2) is 54.1 Å². The average molecular weight is 320 g/mol. The molecule has 2 N–H and O–H groups in total. The maximum Gasteiger partial charge on any atom is 0.407 e. The summed E-state index contributed by atoms with van der Waals surface area (Å²) in [6.45, 7) is -0.0420. The van der Waals surface area contributed by atoms with Gasteiger partial charge in [0.05, 0.1) is 0 Å². The van der Waals surface area contributed by atoms with Crippen molar-refractivity contribution in [3.63, 3.8) is 0 Å². The highest BCUT2D eigenvalue weighted by Gasteiger charge is 2.67. The fraction of sp³-hybridized carbons (Fsp3) is 0.909. The summed E-state index contributed by atoms with van der Waals surface area (Å²) >= 11 is 0. The van der Waals surface area contributed by atoms with E-state index in [0.29, 0.717) is 0 Å². The quantitative estimate of drug-likeness (QED) is 0.730. The molecular weight excluding hydrogens is 306 g/mol. The third-order valence-electron chi connectivity index (χ3n) is 4.40. The number of piperidine rings is 1. The van der Waals surface area contributed by atoms with Crippen LogP contribution in [0, 0.1) is 11.3 Å². The molecule has 1 spiro atoms. The molecule has 1 unspecified atom stereocenters. The van der Waals surface area contributed by atoms with E-state index in [1.807, 2.05) is 0 Å². The number of nitrogens with one attached hydrogen (secondary N) is 1. The first-order chi connectivity index (χ1) is 9.47. The molecule has 10 heteroatoms. The molecule has 0 bridgehead atoms. The van der Waals surface area contributed by atoms with Gasteiger partial charge in [0, 0.05) is 31.1 Å². The average Bonchev–Trinajstić information content (AvgIpc) is 2.31. The van der Waals surface area contributed by atoms with Crippen molar-refractivity contribution in [3.8, 4) is 0 Å². The number of nitrogens with zero attached hydrogens (tertiary/aromatic N) is 1. The van der Waals surface area contributed by atoms with Crippen LogP contribution in [0.5, 0.6) is 0 Å². The fourth-order valence-electron chi connectivity index (χ4n) is 3.17. The standard InChI is InChI=1S/C11H14F6N2O2/c12-10(13,14)6(11(15,16)17)7-9(5-18-7)1-3-19(4-2-9)8(20)21/h6-7,18H,1-5H2,(H,20,21). The van der Waals surface area contributed by atoms with Crippen LogP contribution in [0.1, 0.15) is 12.8 Å². The lowest BCUT2D eigenvalue weighted by Crippen LogP contribution is -2.72. The highest BCUT2D eigenvalue weighted by Crippen LogP contribution is 2.52. The SMILES string of the molecule is O=C(O)N1CCC2(CC1)CNC2C(C(F)(F)F)C(F)(F)F. The number of halogens is 6. The second kappa shape index (κ2) is 4.92. The van der Waals surface area contributed by atoms with Crippen molar-refractivity contribution in [3.05, 3.63) is 0 Å². The van der Waals surface area contributed by atoms with Gasteiger partial charge in [-0.25, -0.2) is 4.79 Å². The summed E-state index contributed by atoms with van der Waals surface area (Å²) < 4.78 is 76.6. The van der Waals surface area contributed by atoms with Crippen molar-refractivity contribution in [2.75, 3.05) is 19.6 Å². The van der Waals surface area contributed by atoms with E-state index in [2.05, 4.69) is 5.32 Å². The van der Waals surface area contributed by atoms with E-state index in [1.54, 1.807) is 0 Å². The predicted molar refractivity (Wildman–Crippen MR) is 58.7 cm³/mol. The first kappa shape index (κ1) is 16.2. The Balaban J connectivity index is 2.16.